The van der Waals surface area contributed by atoms with Crippen molar-refractivity contribution < 1.29 is 14.3 Å². The van der Waals surface area contributed by atoms with E-state index in [9.17, 15) is 9.18 Å². The Kier molecular flexibility index (Phi) is 4.56. The van der Waals surface area contributed by atoms with Crippen LogP contribution in [0.15, 0.2) is 18.2 Å². The zero-order valence-electron chi connectivity index (χ0n) is 11.4. The number of carbonyl (C=O) groups is 1. The van der Waals surface area contributed by atoms with E-state index in [1.807, 2.05) is 0 Å². The Balaban J connectivity index is 2.04. The number of hydrogen-bond acceptors (Lipinski definition) is 1. The van der Waals surface area contributed by atoms with Gasteiger partial charge in [0.05, 0.1) is 5.56 Å². The smallest absolute Gasteiger partial charge is 0.338 e. The van der Waals surface area contributed by atoms with Crippen molar-refractivity contribution in [2.75, 3.05) is 0 Å². The summed E-state index contributed by atoms with van der Waals surface area (Å²) in [5, 5.41) is 8.82. The molecule has 0 bridgehead atoms. The van der Waals surface area contributed by atoms with Crippen molar-refractivity contribution in [2.24, 2.45) is 5.92 Å². The summed E-state index contributed by atoms with van der Waals surface area (Å²) < 4.78 is 13.7. The third-order valence-electron chi connectivity index (χ3n) is 4.24. The van der Waals surface area contributed by atoms with Gasteiger partial charge in [0.15, 0.2) is 0 Å². The summed E-state index contributed by atoms with van der Waals surface area (Å²) >= 11 is 0. The maximum atomic E-state index is 13.7. The SMILES string of the molecule is CCCC1CCC(c2ccc(C(=O)O)c(F)c2)CC1. The van der Waals surface area contributed by atoms with E-state index in [1.165, 1.54) is 37.8 Å². The topological polar surface area (TPSA) is 37.3 Å². The van der Waals surface area contributed by atoms with Crippen LogP contribution in [0.25, 0.3) is 0 Å². The zero-order chi connectivity index (χ0) is 13.8. The first-order valence-corrected chi connectivity index (χ1v) is 7.14. The molecular formula is C16H21FO2. The molecule has 0 spiro atoms. The van der Waals surface area contributed by atoms with E-state index in [1.54, 1.807) is 6.07 Å². The fraction of sp³-hybridized carbons (Fsp3) is 0.562. The van der Waals surface area contributed by atoms with E-state index >= 15 is 0 Å². The Hall–Kier alpha value is -1.38. The lowest BCUT2D eigenvalue weighted by atomic mass is 9.77. The van der Waals surface area contributed by atoms with Crippen molar-refractivity contribution >= 4 is 5.97 Å². The quantitative estimate of drug-likeness (QED) is 0.863. The first-order valence-electron chi connectivity index (χ1n) is 7.14. The Morgan fingerprint density at radius 3 is 2.53 bits per heavy atom. The lowest BCUT2D eigenvalue weighted by molar-refractivity contribution is 0.0692. The molecule has 1 aliphatic rings. The van der Waals surface area contributed by atoms with Crippen LogP contribution in [0.4, 0.5) is 4.39 Å². The highest BCUT2D eigenvalue weighted by Gasteiger charge is 2.23. The largest absolute Gasteiger partial charge is 0.478 e. The third-order valence-corrected chi connectivity index (χ3v) is 4.24. The number of carboxylic acids is 1. The van der Waals surface area contributed by atoms with Crippen molar-refractivity contribution in [1.82, 2.24) is 0 Å². The molecule has 3 heteroatoms. The van der Waals surface area contributed by atoms with Crippen LogP contribution in [0, 0.1) is 11.7 Å². The molecule has 0 radical (unpaired) electrons. The van der Waals surface area contributed by atoms with Crippen molar-refractivity contribution in [3.8, 4) is 0 Å². The second kappa shape index (κ2) is 6.18. The average molecular weight is 264 g/mol. The molecule has 1 aromatic carbocycles. The molecule has 2 rings (SSSR count). The van der Waals surface area contributed by atoms with Crippen molar-refractivity contribution in [3.05, 3.63) is 35.1 Å². The minimum atomic E-state index is -1.20. The van der Waals surface area contributed by atoms with Gasteiger partial charge in [0, 0.05) is 0 Å². The number of carboxylic acid groups (broad SMARTS) is 1. The van der Waals surface area contributed by atoms with Crippen LogP contribution in [0.2, 0.25) is 0 Å². The number of halogens is 1. The average Bonchev–Trinajstić information content (AvgIpc) is 2.39. The molecular weight excluding hydrogens is 243 g/mol. The molecule has 0 aliphatic heterocycles. The molecule has 0 atom stereocenters. The highest BCUT2D eigenvalue weighted by atomic mass is 19.1. The fourth-order valence-corrected chi connectivity index (χ4v) is 3.15. The Labute approximate surface area is 113 Å². The summed E-state index contributed by atoms with van der Waals surface area (Å²) in [6, 6.07) is 4.58. The molecule has 0 saturated heterocycles. The van der Waals surface area contributed by atoms with Gasteiger partial charge >= 0.3 is 5.97 Å². The summed E-state index contributed by atoms with van der Waals surface area (Å²) in [6.45, 7) is 2.21. The Morgan fingerprint density at radius 2 is 2.00 bits per heavy atom. The third kappa shape index (κ3) is 3.34. The van der Waals surface area contributed by atoms with Crippen LogP contribution in [0.1, 0.15) is 67.3 Å². The van der Waals surface area contributed by atoms with Crippen molar-refractivity contribution in [3.63, 3.8) is 0 Å². The Morgan fingerprint density at radius 1 is 1.32 bits per heavy atom. The molecule has 1 aliphatic carbocycles. The first-order chi connectivity index (χ1) is 9.11. The van der Waals surface area contributed by atoms with E-state index in [2.05, 4.69) is 6.92 Å². The highest BCUT2D eigenvalue weighted by Crippen LogP contribution is 2.37. The molecule has 2 nitrogen and oxygen atoms in total. The number of rotatable bonds is 4. The molecule has 1 aromatic rings. The molecule has 1 N–H and O–H groups in total. The van der Waals surface area contributed by atoms with Crippen LogP contribution >= 0.6 is 0 Å². The molecule has 0 aromatic heterocycles. The van der Waals surface area contributed by atoms with Crippen LogP contribution in [0.3, 0.4) is 0 Å². The van der Waals surface area contributed by atoms with Gasteiger partial charge in [-0.2, -0.15) is 0 Å². The van der Waals surface area contributed by atoms with Gasteiger partial charge in [-0.05, 0) is 55.2 Å². The molecule has 1 saturated carbocycles. The summed E-state index contributed by atoms with van der Waals surface area (Å²) in [6.07, 6.45) is 7.13. The molecule has 0 unspecified atom stereocenters. The van der Waals surface area contributed by atoms with Crippen LogP contribution in [-0.2, 0) is 0 Å². The maximum Gasteiger partial charge on any atom is 0.338 e. The molecule has 0 amide bonds. The molecule has 104 valence electrons. The van der Waals surface area contributed by atoms with Crippen LogP contribution in [-0.4, -0.2) is 11.1 Å². The van der Waals surface area contributed by atoms with E-state index in [0.717, 1.165) is 24.3 Å². The van der Waals surface area contributed by atoms with Crippen LogP contribution < -0.4 is 0 Å². The van der Waals surface area contributed by atoms with Crippen LogP contribution in [0.5, 0.6) is 0 Å². The zero-order valence-corrected chi connectivity index (χ0v) is 11.4. The monoisotopic (exact) mass is 264 g/mol. The van der Waals surface area contributed by atoms with Gasteiger partial charge < -0.3 is 5.11 Å². The van der Waals surface area contributed by atoms with Gasteiger partial charge in [-0.25, -0.2) is 9.18 Å². The number of hydrogen-bond donors (Lipinski definition) is 1. The standard InChI is InChI=1S/C16H21FO2/c1-2-3-11-4-6-12(7-5-11)13-8-9-14(16(18)19)15(17)10-13/h8-12H,2-7H2,1H3,(H,18,19). The fourth-order valence-electron chi connectivity index (χ4n) is 3.15. The second-order valence-electron chi connectivity index (χ2n) is 5.55. The predicted molar refractivity (Wildman–Crippen MR) is 73.0 cm³/mol. The highest BCUT2D eigenvalue weighted by molar-refractivity contribution is 5.87. The van der Waals surface area contributed by atoms with Crippen molar-refractivity contribution in [2.45, 2.75) is 51.4 Å². The summed E-state index contributed by atoms with van der Waals surface area (Å²) in [5.41, 5.74) is 0.723. The lowest BCUT2D eigenvalue weighted by Gasteiger charge is -2.28. The van der Waals surface area contributed by atoms with E-state index < -0.39 is 11.8 Å². The first kappa shape index (κ1) is 14.0. The van der Waals surface area contributed by atoms with Gasteiger partial charge in [0.1, 0.15) is 5.82 Å². The van der Waals surface area contributed by atoms with E-state index in [-0.39, 0.29) is 5.56 Å². The van der Waals surface area contributed by atoms with Gasteiger partial charge in [-0.3, -0.25) is 0 Å². The molecule has 1 fully saturated rings. The summed E-state index contributed by atoms with van der Waals surface area (Å²) in [7, 11) is 0. The predicted octanol–water partition coefficient (Wildman–Crippen LogP) is 4.60. The second-order valence-corrected chi connectivity index (χ2v) is 5.55. The van der Waals surface area contributed by atoms with E-state index in [4.69, 9.17) is 5.11 Å². The lowest BCUT2D eigenvalue weighted by Crippen LogP contribution is -2.13. The van der Waals surface area contributed by atoms with Gasteiger partial charge in [-0.15, -0.1) is 0 Å². The van der Waals surface area contributed by atoms with Gasteiger partial charge in [0.2, 0.25) is 0 Å². The summed E-state index contributed by atoms with van der Waals surface area (Å²) in [5.74, 6) is -0.591. The Bertz CT molecular complexity index is 448. The van der Waals surface area contributed by atoms with Gasteiger partial charge in [-0.1, -0.05) is 25.8 Å². The maximum absolute atomic E-state index is 13.7. The molecule has 0 heterocycles. The minimum absolute atomic E-state index is 0.233. The number of benzene rings is 1. The van der Waals surface area contributed by atoms with Crippen molar-refractivity contribution in [1.29, 1.82) is 0 Å². The number of aromatic carboxylic acids is 1. The van der Waals surface area contributed by atoms with E-state index in [0.29, 0.717) is 5.92 Å². The van der Waals surface area contributed by atoms with Gasteiger partial charge in [0.25, 0.3) is 0 Å². The summed E-state index contributed by atoms with van der Waals surface area (Å²) in [4.78, 5) is 10.8. The normalized spacial score (nSPS) is 23.3. The minimum Gasteiger partial charge on any atom is -0.478 e. The molecule has 19 heavy (non-hydrogen) atoms.